The van der Waals surface area contributed by atoms with Crippen LogP contribution in [0.1, 0.15) is 50.5 Å². The highest BCUT2D eigenvalue weighted by molar-refractivity contribution is 5.97. The number of rotatable bonds is 6. The van der Waals surface area contributed by atoms with Crippen molar-refractivity contribution in [2.45, 2.75) is 63.2 Å². The van der Waals surface area contributed by atoms with Crippen molar-refractivity contribution in [2.24, 2.45) is 16.7 Å². The fraction of sp³-hybridized carbons (Fsp3) is 0.645. The maximum Gasteiger partial charge on any atom is 0.397 e. The number of alkyl halides is 3. The van der Waals surface area contributed by atoms with Crippen molar-refractivity contribution >= 4 is 22.5 Å². The summed E-state index contributed by atoms with van der Waals surface area (Å²) in [6.45, 7) is 5.39. The van der Waals surface area contributed by atoms with Gasteiger partial charge in [-0.2, -0.15) is 18.4 Å². The van der Waals surface area contributed by atoms with Gasteiger partial charge in [0.25, 0.3) is 0 Å². The molecule has 5 fully saturated rings. The third kappa shape index (κ3) is 4.56. The van der Waals surface area contributed by atoms with Gasteiger partial charge in [0.1, 0.15) is 11.5 Å². The number of hydrogen-bond acceptors (Lipinski definition) is 6. The number of nitrogens with one attached hydrogen (secondary N) is 1. The summed E-state index contributed by atoms with van der Waals surface area (Å²) in [6.07, 6.45) is 3.24. The summed E-state index contributed by atoms with van der Waals surface area (Å²) in [5, 5.41) is 13.2. The number of halogens is 3. The number of piperidine rings is 1. The lowest BCUT2D eigenvalue weighted by Crippen LogP contribution is -2.53. The Kier molecular flexibility index (Phi) is 6.47. The molecular weight excluding hydrogens is 529 g/mol. The predicted octanol–water partition coefficient (Wildman–Crippen LogP) is 4.32. The molecular formula is C31H37F3N6O. The Morgan fingerprint density at radius 3 is 2.49 bits per heavy atom. The second-order valence-electron chi connectivity index (χ2n) is 13.1. The molecule has 0 radical (unpaired) electrons. The molecule has 0 spiro atoms. The molecule has 7 rings (SSSR count). The van der Waals surface area contributed by atoms with Crippen molar-refractivity contribution < 1.29 is 18.0 Å². The summed E-state index contributed by atoms with van der Waals surface area (Å²) in [7, 11) is 0. The van der Waals surface area contributed by atoms with E-state index in [1.165, 1.54) is 19.4 Å². The van der Waals surface area contributed by atoms with Crippen molar-refractivity contribution in [3.8, 4) is 6.07 Å². The highest BCUT2D eigenvalue weighted by atomic mass is 19.4. The maximum atomic E-state index is 14.6. The van der Waals surface area contributed by atoms with Gasteiger partial charge in [0.05, 0.1) is 16.5 Å². The van der Waals surface area contributed by atoms with Gasteiger partial charge < -0.3 is 15.1 Å². The number of carbonyl (C=O) groups is 1. The van der Waals surface area contributed by atoms with E-state index in [4.69, 9.17) is 0 Å². The Balaban J connectivity index is 1.01. The summed E-state index contributed by atoms with van der Waals surface area (Å²) in [6, 6.07) is 9.33. The van der Waals surface area contributed by atoms with Gasteiger partial charge in [-0.3, -0.25) is 14.7 Å². The Morgan fingerprint density at radius 1 is 1.05 bits per heavy atom. The largest absolute Gasteiger partial charge is 0.397 e. The standard InChI is InChI=1S/C31H37F3N6O/c32-31(33,34)30-18-29(30,19-40(20-30)26-10-5-22(16-35)27-25(26)2-1-11-36-27)28(41)37-23-6-8-24(9-7-23)39-14-12-38(13-15-39)17-21-3-4-21/h1-2,5,10-11,21,23-24H,3-4,6-9,12-15,17-20H2,(H,37,41)/t23?,24?,29-,30-/m1/s1. The average molecular weight is 567 g/mol. The maximum absolute atomic E-state index is 14.6. The molecule has 2 saturated heterocycles. The van der Waals surface area contributed by atoms with Crippen LogP contribution in [0.3, 0.4) is 0 Å². The van der Waals surface area contributed by atoms with Crippen LogP contribution in [0.2, 0.25) is 0 Å². The number of benzene rings is 1. The number of anilines is 1. The Morgan fingerprint density at radius 2 is 1.80 bits per heavy atom. The normalized spacial score (nSPS) is 32.5. The molecule has 2 aliphatic heterocycles. The number of aromatic nitrogens is 1. The lowest BCUT2D eigenvalue weighted by Gasteiger charge is -2.42. The zero-order chi connectivity index (χ0) is 28.4. The molecule has 5 aliphatic rings. The number of fused-ring (bicyclic) bond motifs is 2. The lowest BCUT2D eigenvalue weighted by atomic mass is 9.88. The third-order valence-corrected chi connectivity index (χ3v) is 10.7. The first-order valence-electron chi connectivity index (χ1n) is 15.1. The van der Waals surface area contributed by atoms with Crippen LogP contribution in [0.15, 0.2) is 30.5 Å². The van der Waals surface area contributed by atoms with Crippen LogP contribution in [0, 0.1) is 28.1 Å². The number of nitriles is 1. The summed E-state index contributed by atoms with van der Waals surface area (Å²) in [5.74, 6) is 0.459. The lowest BCUT2D eigenvalue weighted by molar-refractivity contribution is -0.191. The van der Waals surface area contributed by atoms with Crippen molar-refractivity contribution in [3.05, 3.63) is 36.0 Å². The molecule has 10 heteroatoms. The fourth-order valence-electron chi connectivity index (χ4n) is 8.00. The molecule has 1 aromatic heterocycles. The van der Waals surface area contributed by atoms with E-state index >= 15 is 0 Å². The number of nitrogens with zero attached hydrogens (tertiary/aromatic N) is 5. The molecule has 1 amide bonds. The Hall–Kier alpha value is -2.90. The van der Waals surface area contributed by atoms with Crippen LogP contribution in [-0.4, -0.2) is 84.8 Å². The first-order chi connectivity index (χ1) is 19.7. The van der Waals surface area contributed by atoms with Gasteiger partial charge in [0.15, 0.2) is 0 Å². The minimum absolute atomic E-state index is 0.00865. The molecule has 2 aromatic rings. The average Bonchev–Trinajstić information content (AvgIpc) is 3.89. The van der Waals surface area contributed by atoms with E-state index in [0.717, 1.165) is 57.8 Å². The van der Waals surface area contributed by atoms with Gasteiger partial charge in [-0.1, -0.05) is 0 Å². The molecule has 1 aromatic carbocycles. The van der Waals surface area contributed by atoms with E-state index in [-0.39, 0.29) is 25.6 Å². The number of pyridine rings is 1. The van der Waals surface area contributed by atoms with Gasteiger partial charge in [-0.05, 0) is 75.1 Å². The smallest absolute Gasteiger partial charge is 0.369 e. The number of hydrogen-bond donors (Lipinski definition) is 1. The third-order valence-electron chi connectivity index (χ3n) is 10.7. The molecule has 0 unspecified atom stereocenters. The Labute approximate surface area is 238 Å². The van der Waals surface area contributed by atoms with Crippen molar-refractivity contribution in [2.75, 3.05) is 50.7 Å². The summed E-state index contributed by atoms with van der Waals surface area (Å²) in [5.41, 5.74) is -2.10. The predicted molar refractivity (Wildman–Crippen MR) is 149 cm³/mol. The van der Waals surface area contributed by atoms with Gasteiger partial charge in [0, 0.05) is 75.2 Å². The molecule has 3 saturated carbocycles. The van der Waals surface area contributed by atoms with E-state index in [2.05, 4.69) is 26.2 Å². The number of carbonyl (C=O) groups excluding carboxylic acids is 1. The second-order valence-corrected chi connectivity index (χ2v) is 13.1. The van der Waals surface area contributed by atoms with Crippen molar-refractivity contribution in [1.82, 2.24) is 20.1 Å². The first-order valence-corrected chi connectivity index (χ1v) is 15.1. The molecule has 41 heavy (non-hydrogen) atoms. The molecule has 7 nitrogen and oxygen atoms in total. The number of amides is 1. The zero-order valence-electron chi connectivity index (χ0n) is 23.3. The number of piperazine rings is 1. The SMILES string of the molecule is N#Cc1ccc(N2C[C@@]3(C(=O)NC4CCC(N5CCN(CC6CC6)CC5)CC4)C[C@@]3(C(F)(F)F)C2)c2cccnc12. The summed E-state index contributed by atoms with van der Waals surface area (Å²) >= 11 is 0. The van der Waals surface area contributed by atoms with Crippen LogP contribution >= 0.6 is 0 Å². The topological polar surface area (TPSA) is 75.5 Å². The van der Waals surface area contributed by atoms with Crippen LogP contribution in [0.25, 0.3) is 10.9 Å². The summed E-state index contributed by atoms with van der Waals surface area (Å²) < 4.78 is 43.7. The molecule has 0 bridgehead atoms. The summed E-state index contributed by atoms with van der Waals surface area (Å²) in [4.78, 5) is 24.8. The van der Waals surface area contributed by atoms with Crippen LogP contribution in [0.4, 0.5) is 18.9 Å². The van der Waals surface area contributed by atoms with Crippen LogP contribution < -0.4 is 10.2 Å². The highest BCUT2D eigenvalue weighted by Crippen LogP contribution is 2.75. The van der Waals surface area contributed by atoms with E-state index in [9.17, 15) is 23.2 Å². The quantitative estimate of drug-likeness (QED) is 0.562. The van der Waals surface area contributed by atoms with Crippen LogP contribution in [0.5, 0.6) is 0 Å². The Bertz CT molecular complexity index is 1370. The minimum atomic E-state index is -4.49. The minimum Gasteiger partial charge on any atom is -0.369 e. The highest BCUT2D eigenvalue weighted by Gasteiger charge is 2.86. The zero-order valence-corrected chi connectivity index (χ0v) is 23.3. The van der Waals surface area contributed by atoms with Crippen molar-refractivity contribution in [3.63, 3.8) is 0 Å². The molecule has 3 aliphatic carbocycles. The van der Waals surface area contributed by atoms with E-state index in [1.54, 1.807) is 35.4 Å². The second kappa shape index (κ2) is 9.84. The van der Waals surface area contributed by atoms with E-state index < -0.39 is 22.9 Å². The van der Waals surface area contributed by atoms with Gasteiger partial charge in [0.2, 0.25) is 5.91 Å². The molecule has 1 N–H and O–H groups in total. The first kappa shape index (κ1) is 27.0. The fourth-order valence-corrected chi connectivity index (χ4v) is 8.00. The monoisotopic (exact) mass is 566 g/mol. The van der Waals surface area contributed by atoms with Crippen LogP contribution in [-0.2, 0) is 4.79 Å². The van der Waals surface area contributed by atoms with Gasteiger partial charge in [-0.15, -0.1) is 0 Å². The van der Waals surface area contributed by atoms with E-state index in [0.29, 0.717) is 28.2 Å². The van der Waals surface area contributed by atoms with Crippen molar-refractivity contribution in [1.29, 1.82) is 5.26 Å². The molecule has 3 heterocycles. The molecule has 218 valence electrons. The molecule has 2 atom stereocenters. The van der Waals surface area contributed by atoms with Gasteiger partial charge in [-0.25, -0.2) is 0 Å². The van der Waals surface area contributed by atoms with Gasteiger partial charge >= 0.3 is 6.18 Å². The van der Waals surface area contributed by atoms with E-state index in [1.807, 2.05) is 0 Å².